The van der Waals surface area contributed by atoms with Gasteiger partial charge in [0.15, 0.2) is 6.61 Å². The van der Waals surface area contributed by atoms with E-state index in [4.69, 9.17) is 19.3 Å². The Bertz CT molecular complexity index is 879. The van der Waals surface area contributed by atoms with E-state index in [1.54, 1.807) is 38.3 Å². The molecule has 1 aliphatic rings. The second-order valence-electron chi connectivity index (χ2n) is 7.08. The molecular weight excluding hydrogens is 374 g/mol. The predicted molar refractivity (Wildman–Crippen MR) is 106 cm³/mol. The molecule has 29 heavy (non-hydrogen) atoms. The summed E-state index contributed by atoms with van der Waals surface area (Å²) in [6.45, 7) is 0.0883. The summed E-state index contributed by atoms with van der Waals surface area (Å²) < 4.78 is 15.9. The summed E-state index contributed by atoms with van der Waals surface area (Å²) in [5.41, 5.74) is 1.94. The van der Waals surface area contributed by atoms with E-state index in [2.05, 4.69) is 0 Å². The first-order chi connectivity index (χ1) is 13.9. The minimum atomic E-state index is -1.02. The fraction of sp³-hybridized carbons (Fsp3) is 0.364. The van der Waals surface area contributed by atoms with E-state index in [-0.39, 0.29) is 24.3 Å². The number of aliphatic carboxylic acids is 1. The summed E-state index contributed by atoms with van der Waals surface area (Å²) in [5, 5.41) is 8.65. The number of nitrogens with zero attached hydrogens (tertiary/aromatic N) is 1. The maximum absolute atomic E-state index is 12.9. The van der Waals surface area contributed by atoms with Gasteiger partial charge in [0.25, 0.3) is 0 Å². The van der Waals surface area contributed by atoms with Gasteiger partial charge in [0.05, 0.1) is 14.2 Å². The molecule has 0 saturated heterocycles. The molecule has 1 N–H and O–H groups in total. The third kappa shape index (κ3) is 4.99. The molecule has 3 rings (SSSR count). The number of ether oxygens (including phenoxy) is 3. The summed E-state index contributed by atoms with van der Waals surface area (Å²) in [4.78, 5) is 25.1. The lowest BCUT2D eigenvalue weighted by molar-refractivity contribution is -0.139. The smallest absolute Gasteiger partial charge is 0.341 e. The molecule has 1 amide bonds. The zero-order valence-electron chi connectivity index (χ0n) is 16.8. The van der Waals surface area contributed by atoms with Gasteiger partial charge < -0.3 is 24.2 Å². The van der Waals surface area contributed by atoms with Crippen LogP contribution in [0.25, 0.3) is 0 Å². The predicted octanol–water partition coefficient (Wildman–Crippen LogP) is 2.93. The quantitative estimate of drug-likeness (QED) is 0.698. The normalized spacial score (nSPS) is 17.3. The van der Waals surface area contributed by atoms with Crippen LogP contribution in [-0.4, -0.2) is 49.8 Å². The number of rotatable bonds is 9. The second kappa shape index (κ2) is 8.86. The summed E-state index contributed by atoms with van der Waals surface area (Å²) in [6, 6.07) is 12.7. The highest BCUT2D eigenvalue weighted by Crippen LogP contribution is 2.52. The van der Waals surface area contributed by atoms with E-state index < -0.39 is 5.97 Å². The van der Waals surface area contributed by atoms with Crippen LogP contribution >= 0.6 is 0 Å². The monoisotopic (exact) mass is 399 g/mol. The third-order valence-corrected chi connectivity index (χ3v) is 5.03. The van der Waals surface area contributed by atoms with Crippen LogP contribution < -0.4 is 14.2 Å². The van der Waals surface area contributed by atoms with Gasteiger partial charge in [0, 0.05) is 31.0 Å². The van der Waals surface area contributed by atoms with Gasteiger partial charge in [-0.15, -0.1) is 0 Å². The standard InChI is InChI=1S/C22H25NO6/c1-23(12-14-4-6-15(7-5-14)29-13-21(24)25)22(26)19-11-17(19)18-10-16(27-2)8-9-20(18)28-3/h4-10,17,19H,11-13H2,1-3H3,(H,24,25). The molecule has 7 nitrogen and oxygen atoms in total. The summed E-state index contributed by atoms with van der Waals surface area (Å²) in [7, 11) is 5.03. The van der Waals surface area contributed by atoms with Crippen LogP contribution in [0.15, 0.2) is 42.5 Å². The molecule has 1 aliphatic carbocycles. The summed E-state index contributed by atoms with van der Waals surface area (Å²) in [6.07, 6.45) is 0.786. The fourth-order valence-electron chi connectivity index (χ4n) is 3.41. The molecule has 7 heteroatoms. The van der Waals surface area contributed by atoms with Crippen LogP contribution in [0.3, 0.4) is 0 Å². The first-order valence-corrected chi connectivity index (χ1v) is 9.33. The van der Waals surface area contributed by atoms with Gasteiger partial charge in [-0.1, -0.05) is 12.1 Å². The van der Waals surface area contributed by atoms with Crippen molar-refractivity contribution in [1.82, 2.24) is 4.90 Å². The highest BCUT2D eigenvalue weighted by Gasteiger charge is 2.46. The number of amides is 1. The molecular formula is C22H25NO6. The molecule has 0 spiro atoms. The maximum atomic E-state index is 12.9. The zero-order valence-corrected chi connectivity index (χ0v) is 16.8. The Morgan fingerprint density at radius 3 is 2.38 bits per heavy atom. The van der Waals surface area contributed by atoms with Crippen LogP contribution in [0.4, 0.5) is 0 Å². The zero-order chi connectivity index (χ0) is 21.0. The van der Waals surface area contributed by atoms with Crippen molar-refractivity contribution in [3.63, 3.8) is 0 Å². The molecule has 0 bridgehead atoms. The Morgan fingerprint density at radius 1 is 1.07 bits per heavy atom. The second-order valence-corrected chi connectivity index (χ2v) is 7.08. The molecule has 1 fully saturated rings. The molecule has 0 aromatic heterocycles. The number of carboxylic acid groups (broad SMARTS) is 1. The number of hydrogen-bond acceptors (Lipinski definition) is 5. The van der Waals surface area contributed by atoms with Gasteiger partial charge in [-0.2, -0.15) is 0 Å². The molecule has 1 saturated carbocycles. The lowest BCUT2D eigenvalue weighted by atomic mass is 10.1. The van der Waals surface area contributed by atoms with Crippen LogP contribution in [0.5, 0.6) is 17.2 Å². The SMILES string of the molecule is COc1ccc(OC)c(C2CC2C(=O)N(C)Cc2ccc(OCC(=O)O)cc2)c1. The van der Waals surface area contributed by atoms with Crippen LogP contribution in [-0.2, 0) is 16.1 Å². The van der Waals surface area contributed by atoms with Crippen LogP contribution in [0.1, 0.15) is 23.5 Å². The van der Waals surface area contributed by atoms with Crippen molar-refractivity contribution in [1.29, 1.82) is 0 Å². The van der Waals surface area contributed by atoms with E-state index in [1.165, 1.54) is 0 Å². The number of carboxylic acids is 1. The van der Waals surface area contributed by atoms with Gasteiger partial charge in [-0.25, -0.2) is 4.79 Å². The van der Waals surface area contributed by atoms with Crippen molar-refractivity contribution in [3.05, 3.63) is 53.6 Å². The average molecular weight is 399 g/mol. The van der Waals surface area contributed by atoms with Gasteiger partial charge in [0.1, 0.15) is 17.2 Å². The first kappa shape index (κ1) is 20.5. The van der Waals surface area contributed by atoms with Gasteiger partial charge in [-0.05, 0) is 42.3 Å². The number of carbonyl (C=O) groups is 2. The summed E-state index contributed by atoms with van der Waals surface area (Å²) in [5.74, 6) is 1.12. The van der Waals surface area contributed by atoms with Crippen LogP contribution in [0.2, 0.25) is 0 Å². The number of carbonyl (C=O) groups excluding carboxylic acids is 1. The van der Waals surface area contributed by atoms with E-state index in [9.17, 15) is 9.59 Å². The van der Waals surface area contributed by atoms with E-state index in [0.29, 0.717) is 12.3 Å². The van der Waals surface area contributed by atoms with Gasteiger partial charge in [-0.3, -0.25) is 4.79 Å². The van der Waals surface area contributed by atoms with Crippen LogP contribution in [0, 0.1) is 5.92 Å². The molecule has 0 aliphatic heterocycles. The van der Waals surface area contributed by atoms with Crippen molar-refractivity contribution in [2.45, 2.75) is 18.9 Å². The Morgan fingerprint density at radius 2 is 1.76 bits per heavy atom. The Hall–Kier alpha value is -3.22. The van der Waals surface area contributed by atoms with Crippen molar-refractivity contribution < 1.29 is 28.9 Å². The van der Waals surface area contributed by atoms with Crippen molar-refractivity contribution >= 4 is 11.9 Å². The first-order valence-electron chi connectivity index (χ1n) is 9.33. The topological polar surface area (TPSA) is 85.3 Å². The molecule has 2 aromatic carbocycles. The minimum Gasteiger partial charge on any atom is -0.497 e. The number of methoxy groups -OCH3 is 2. The molecule has 154 valence electrons. The van der Waals surface area contributed by atoms with Gasteiger partial charge in [0.2, 0.25) is 5.91 Å². The largest absolute Gasteiger partial charge is 0.497 e. The van der Waals surface area contributed by atoms with Crippen molar-refractivity contribution in [2.75, 3.05) is 27.9 Å². The number of benzene rings is 2. The lowest BCUT2D eigenvalue weighted by Gasteiger charge is -2.18. The van der Waals surface area contributed by atoms with E-state index >= 15 is 0 Å². The van der Waals surface area contributed by atoms with E-state index in [1.807, 2.05) is 30.3 Å². The third-order valence-electron chi connectivity index (χ3n) is 5.03. The summed E-state index contributed by atoms with van der Waals surface area (Å²) >= 11 is 0. The van der Waals surface area contributed by atoms with Crippen molar-refractivity contribution in [3.8, 4) is 17.2 Å². The molecule has 2 unspecified atom stereocenters. The number of hydrogen-bond donors (Lipinski definition) is 1. The molecule has 2 aromatic rings. The van der Waals surface area contributed by atoms with Gasteiger partial charge >= 0.3 is 5.97 Å². The maximum Gasteiger partial charge on any atom is 0.341 e. The highest BCUT2D eigenvalue weighted by molar-refractivity contribution is 5.83. The van der Waals surface area contributed by atoms with E-state index in [0.717, 1.165) is 29.0 Å². The molecule has 0 heterocycles. The molecule has 0 radical (unpaired) electrons. The highest BCUT2D eigenvalue weighted by atomic mass is 16.5. The average Bonchev–Trinajstić information content (AvgIpc) is 3.52. The Balaban J connectivity index is 1.60. The Kier molecular flexibility index (Phi) is 6.26. The van der Waals surface area contributed by atoms with Crippen molar-refractivity contribution in [2.24, 2.45) is 5.92 Å². The minimum absolute atomic E-state index is 0.0702. The molecule has 2 atom stereocenters. The fourth-order valence-corrected chi connectivity index (χ4v) is 3.41. The Labute approximate surface area is 169 Å². The lowest BCUT2D eigenvalue weighted by Crippen LogP contribution is -2.28.